The summed E-state index contributed by atoms with van der Waals surface area (Å²) in [5.41, 5.74) is 8.38. The highest BCUT2D eigenvalue weighted by Crippen LogP contribution is 2.27. The van der Waals surface area contributed by atoms with Crippen LogP contribution in [0.5, 0.6) is 0 Å². The predicted molar refractivity (Wildman–Crippen MR) is 83.0 cm³/mol. The van der Waals surface area contributed by atoms with E-state index in [2.05, 4.69) is 44.7 Å². The molecule has 1 aliphatic heterocycles. The number of aromatic amines is 1. The van der Waals surface area contributed by atoms with Gasteiger partial charge in [-0.2, -0.15) is 16.3 Å². The fourth-order valence-corrected chi connectivity index (χ4v) is 3.58. The smallest absolute Gasteiger partial charge is 0.245 e. The molecule has 0 bridgehead atoms. The first kappa shape index (κ1) is 13.6. The van der Waals surface area contributed by atoms with E-state index in [0.29, 0.717) is 5.92 Å². The van der Waals surface area contributed by atoms with E-state index in [1.165, 1.54) is 5.56 Å². The number of aryl methyl sites for hydroxylation is 1. The molecule has 0 aromatic carbocycles. The van der Waals surface area contributed by atoms with Gasteiger partial charge in [0, 0.05) is 30.1 Å². The zero-order chi connectivity index (χ0) is 14.1. The lowest BCUT2D eigenvalue weighted by molar-refractivity contribution is 0.352. The number of aromatic nitrogens is 3. The Balaban J connectivity index is 1.71. The van der Waals surface area contributed by atoms with Crippen molar-refractivity contribution in [1.29, 1.82) is 0 Å². The molecule has 3 heterocycles. The fraction of sp³-hybridized carbons (Fsp3) is 0.571. The van der Waals surface area contributed by atoms with Crippen LogP contribution in [0, 0.1) is 12.8 Å². The lowest BCUT2D eigenvalue weighted by atomic mass is 9.91. The van der Waals surface area contributed by atoms with E-state index >= 15 is 0 Å². The first-order valence-corrected chi connectivity index (χ1v) is 8.05. The van der Waals surface area contributed by atoms with Crippen molar-refractivity contribution < 1.29 is 0 Å². The number of piperidine rings is 1. The van der Waals surface area contributed by atoms with Crippen molar-refractivity contribution in [2.24, 2.45) is 11.7 Å². The zero-order valence-electron chi connectivity index (χ0n) is 12.0. The number of H-pyrrole nitrogens is 1. The molecule has 1 saturated heterocycles. The topological polar surface area (TPSA) is 70.8 Å². The molecule has 20 heavy (non-hydrogen) atoms. The normalized spacial score (nSPS) is 18.4. The minimum atomic E-state index is 0.285. The summed E-state index contributed by atoms with van der Waals surface area (Å²) in [4.78, 5) is 6.89. The lowest BCUT2D eigenvalue weighted by Crippen LogP contribution is -2.40. The van der Waals surface area contributed by atoms with E-state index in [1.807, 2.05) is 0 Å². The number of rotatable bonds is 3. The highest BCUT2D eigenvalue weighted by Gasteiger charge is 2.24. The van der Waals surface area contributed by atoms with Gasteiger partial charge in [-0.1, -0.05) is 0 Å². The summed E-state index contributed by atoms with van der Waals surface area (Å²) in [5, 5.41) is 11.7. The maximum Gasteiger partial charge on any atom is 0.245 e. The Hall–Kier alpha value is -1.40. The average Bonchev–Trinajstić information content (AvgIpc) is 3.07. The quantitative estimate of drug-likeness (QED) is 0.911. The molecule has 1 fully saturated rings. The molecule has 5 nitrogen and oxygen atoms in total. The van der Waals surface area contributed by atoms with Crippen LogP contribution >= 0.6 is 11.3 Å². The monoisotopic (exact) mass is 291 g/mol. The molecule has 2 aromatic heterocycles. The van der Waals surface area contributed by atoms with E-state index in [-0.39, 0.29) is 6.04 Å². The molecule has 2 aromatic rings. The Labute approximate surface area is 123 Å². The van der Waals surface area contributed by atoms with E-state index in [4.69, 9.17) is 5.73 Å². The SMILES string of the molecule is Cc1cscc1-c1nc(N2CCC(C(C)N)CC2)n[nH]1. The Morgan fingerprint density at radius 1 is 1.40 bits per heavy atom. The van der Waals surface area contributed by atoms with Crippen LogP contribution in [0.2, 0.25) is 0 Å². The molecule has 6 heteroatoms. The van der Waals surface area contributed by atoms with Crippen molar-refractivity contribution in [2.75, 3.05) is 18.0 Å². The number of nitrogens with zero attached hydrogens (tertiary/aromatic N) is 3. The molecule has 0 amide bonds. The third kappa shape index (κ3) is 2.58. The van der Waals surface area contributed by atoms with Crippen molar-refractivity contribution in [3.05, 3.63) is 16.3 Å². The highest BCUT2D eigenvalue weighted by molar-refractivity contribution is 7.08. The van der Waals surface area contributed by atoms with Crippen LogP contribution in [0.25, 0.3) is 11.4 Å². The molecule has 3 N–H and O–H groups in total. The summed E-state index contributed by atoms with van der Waals surface area (Å²) in [7, 11) is 0. The average molecular weight is 291 g/mol. The maximum atomic E-state index is 5.98. The molecule has 0 spiro atoms. The summed E-state index contributed by atoms with van der Waals surface area (Å²) >= 11 is 1.69. The van der Waals surface area contributed by atoms with Gasteiger partial charge in [0.2, 0.25) is 5.95 Å². The number of hydrogen-bond donors (Lipinski definition) is 2. The van der Waals surface area contributed by atoms with Crippen LogP contribution in [0.1, 0.15) is 25.3 Å². The van der Waals surface area contributed by atoms with Gasteiger partial charge in [0.05, 0.1) is 0 Å². The second kappa shape index (κ2) is 5.54. The lowest BCUT2D eigenvalue weighted by Gasteiger charge is -2.32. The number of nitrogens with two attached hydrogens (primary N) is 1. The Kier molecular flexibility index (Phi) is 3.76. The van der Waals surface area contributed by atoms with E-state index in [0.717, 1.165) is 43.3 Å². The summed E-state index contributed by atoms with van der Waals surface area (Å²) in [6.07, 6.45) is 2.25. The summed E-state index contributed by atoms with van der Waals surface area (Å²) in [6.45, 7) is 6.19. The molecular formula is C14H21N5S. The Bertz CT molecular complexity index is 566. The van der Waals surface area contributed by atoms with Crippen molar-refractivity contribution in [1.82, 2.24) is 15.2 Å². The van der Waals surface area contributed by atoms with Crippen molar-refractivity contribution in [3.8, 4) is 11.4 Å². The van der Waals surface area contributed by atoms with Gasteiger partial charge < -0.3 is 10.6 Å². The molecule has 1 atom stereocenters. The predicted octanol–water partition coefficient (Wildman–Crippen LogP) is 2.41. The molecule has 0 aliphatic carbocycles. The third-order valence-corrected chi connectivity index (χ3v) is 5.01. The number of nitrogens with one attached hydrogen (secondary N) is 1. The van der Waals surface area contributed by atoms with Crippen LogP contribution in [0.3, 0.4) is 0 Å². The van der Waals surface area contributed by atoms with Crippen LogP contribution in [0.4, 0.5) is 5.95 Å². The van der Waals surface area contributed by atoms with E-state index in [9.17, 15) is 0 Å². The number of hydrogen-bond acceptors (Lipinski definition) is 5. The Morgan fingerprint density at radius 3 is 2.75 bits per heavy atom. The molecule has 108 valence electrons. The number of anilines is 1. The standard InChI is InChI=1S/C14H21N5S/c1-9-7-20-8-12(9)13-16-14(18-17-13)19-5-3-11(4-6-19)10(2)15/h7-8,10-11H,3-6,15H2,1-2H3,(H,16,17,18). The zero-order valence-corrected chi connectivity index (χ0v) is 12.8. The molecule has 0 saturated carbocycles. The van der Waals surface area contributed by atoms with Crippen molar-refractivity contribution in [2.45, 2.75) is 32.7 Å². The van der Waals surface area contributed by atoms with Gasteiger partial charge in [-0.3, -0.25) is 5.10 Å². The summed E-state index contributed by atoms with van der Waals surface area (Å²) in [6, 6.07) is 0.285. The van der Waals surface area contributed by atoms with Crippen LogP contribution in [-0.2, 0) is 0 Å². The Morgan fingerprint density at radius 2 is 2.15 bits per heavy atom. The van der Waals surface area contributed by atoms with Crippen LogP contribution in [-0.4, -0.2) is 34.3 Å². The van der Waals surface area contributed by atoms with Crippen molar-refractivity contribution >= 4 is 17.3 Å². The molecule has 3 rings (SSSR count). The van der Waals surface area contributed by atoms with Gasteiger partial charge in [0.1, 0.15) is 0 Å². The first-order chi connectivity index (χ1) is 9.65. The van der Waals surface area contributed by atoms with E-state index in [1.54, 1.807) is 11.3 Å². The number of thiophene rings is 1. The van der Waals surface area contributed by atoms with Gasteiger partial charge in [0.25, 0.3) is 0 Å². The first-order valence-electron chi connectivity index (χ1n) is 7.11. The highest BCUT2D eigenvalue weighted by atomic mass is 32.1. The van der Waals surface area contributed by atoms with Gasteiger partial charge >= 0.3 is 0 Å². The fourth-order valence-electron chi connectivity index (χ4n) is 2.74. The summed E-state index contributed by atoms with van der Waals surface area (Å²) < 4.78 is 0. The molecule has 1 aliphatic rings. The molecule has 0 radical (unpaired) electrons. The third-order valence-electron chi connectivity index (χ3n) is 4.15. The molecule has 1 unspecified atom stereocenters. The van der Waals surface area contributed by atoms with Gasteiger partial charge in [0.15, 0.2) is 5.82 Å². The van der Waals surface area contributed by atoms with Gasteiger partial charge in [-0.05, 0) is 43.6 Å². The van der Waals surface area contributed by atoms with Crippen LogP contribution < -0.4 is 10.6 Å². The second-order valence-corrected chi connectivity index (χ2v) is 6.38. The van der Waals surface area contributed by atoms with Gasteiger partial charge in [-0.15, -0.1) is 5.10 Å². The maximum absolute atomic E-state index is 5.98. The minimum Gasteiger partial charge on any atom is -0.340 e. The summed E-state index contributed by atoms with van der Waals surface area (Å²) in [5.74, 6) is 2.31. The molecular weight excluding hydrogens is 270 g/mol. The largest absolute Gasteiger partial charge is 0.340 e. The second-order valence-electron chi connectivity index (χ2n) is 5.64. The van der Waals surface area contributed by atoms with Crippen molar-refractivity contribution in [3.63, 3.8) is 0 Å². The van der Waals surface area contributed by atoms with Crippen LogP contribution in [0.15, 0.2) is 10.8 Å². The van der Waals surface area contributed by atoms with Gasteiger partial charge in [-0.25, -0.2) is 0 Å². The van der Waals surface area contributed by atoms with E-state index < -0.39 is 0 Å². The minimum absolute atomic E-state index is 0.285.